The van der Waals surface area contributed by atoms with Gasteiger partial charge in [0.05, 0.1) is 0 Å². The molecule has 0 spiro atoms. The standard InChI is InChI=1S/C43H78N2/c1-3-5-7-9-11-13-15-17-18-19-21-23-25-27-29-34-38-44-39-40-45(41-42-35-31-30-32-36-42)43(44)37-33-28-26-24-22-20-16-14-12-10-8-6-4-2/h30-32,35-36,39-40,43H,3-29,33-34,37-38,41H2,1-2H3. The number of hydrogen-bond donors (Lipinski definition) is 0. The van der Waals surface area contributed by atoms with Gasteiger partial charge in [0.1, 0.15) is 6.17 Å². The van der Waals surface area contributed by atoms with Crippen LogP contribution in [-0.4, -0.2) is 22.5 Å². The predicted molar refractivity (Wildman–Crippen MR) is 201 cm³/mol. The zero-order valence-corrected chi connectivity index (χ0v) is 30.6. The van der Waals surface area contributed by atoms with Gasteiger partial charge >= 0.3 is 0 Å². The first-order chi connectivity index (χ1) is 22.3. The molecule has 0 saturated heterocycles. The summed E-state index contributed by atoms with van der Waals surface area (Å²) in [5.41, 5.74) is 1.43. The van der Waals surface area contributed by atoms with Crippen LogP contribution >= 0.6 is 0 Å². The predicted octanol–water partition coefficient (Wildman–Crippen LogP) is 14.3. The Morgan fingerprint density at radius 2 is 0.756 bits per heavy atom. The van der Waals surface area contributed by atoms with Gasteiger partial charge in [0.25, 0.3) is 0 Å². The Bertz CT molecular complexity index is 758. The lowest BCUT2D eigenvalue weighted by Crippen LogP contribution is -2.38. The van der Waals surface area contributed by atoms with Crippen LogP contribution in [0.3, 0.4) is 0 Å². The molecule has 1 aromatic rings. The van der Waals surface area contributed by atoms with Gasteiger partial charge in [0, 0.05) is 25.5 Å². The molecule has 0 aromatic heterocycles. The van der Waals surface area contributed by atoms with Crippen LogP contribution in [0.25, 0.3) is 0 Å². The highest BCUT2D eigenvalue weighted by Crippen LogP contribution is 2.25. The van der Waals surface area contributed by atoms with Gasteiger partial charge in [-0.1, -0.05) is 218 Å². The second kappa shape index (κ2) is 29.9. The van der Waals surface area contributed by atoms with Crippen LogP contribution in [0.5, 0.6) is 0 Å². The summed E-state index contributed by atoms with van der Waals surface area (Å²) < 4.78 is 0. The fraction of sp³-hybridized carbons (Fsp3) is 0.814. The maximum atomic E-state index is 2.67. The first-order valence-electron chi connectivity index (χ1n) is 20.6. The van der Waals surface area contributed by atoms with Gasteiger partial charge in [-0.3, -0.25) is 0 Å². The summed E-state index contributed by atoms with van der Waals surface area (Å²) in [6.07, 6.45) is 48.3. The normalized spacial score (nSPS) is 14.7. The van der Waals surface area contributed by atoms with Gasteiger partial charge < -0.3 is 9.80 Å². The van der Waals surface area contributed by atoms with Crippen LogP contribution in [0.4, 0.5) is 0 Å². The first-order valence-corrected chi connectivity index (χ1v) is 20.6. The van der Waals surface area contributed by atoms with Gasteiger partial charge in [0.15, 0.2) is 0 Å². The van der Waals surface area contributed by atoms with Crippen molar-refractivity contribution in [1.82, 2.24) is 9.80 Å². The molecule has 1 aromatic carbocycles. The van der Waals surface area contributed by atoms with Crippen LogP contribution in [0, 0.1) is 0 Å². The molecule has 2 rings (SSSR count). The van der Waals surface area contributed by atoms with E-state index in [0.717, 1.165) is 6.54 Å². The molecule has 0 saturated carbocycles. The number of hydrogen-bond acceptors (Lipinski definition) is 2. The molecule has 1 unspecified atom stereocenters. The second-order valence-corrected chi connectivity index (χ2v) is 14.5. The summed E-state index contributed by atoms with van der Waals surface area (Å²) in [5.74, 6) is 0. The Morgan fingerprint density at radius 3 is 1.18 bits per heavy atom. The van der Waals surface area contributed by atoms with E-state index in [0.29, 0.717) is 6.17 Å². The molecule has 2 heteroatoms. The van der Waals surface area contributed by atoms with Gasteiger partial charge in [-0.05, 0) is 24.8 Å². The summed E-state index contributed by atoms with van der Waals surface area (Å²) in [4.78, 5) is 5.29. The van der Waals surface area contributed by atoms with Gasteiger partial charge in [0.2, 0.25) is 0 Å². The van der Waals surface area contributed by atoms with Crippen molar-refractivity contribution in [2.75, 3.05) is 6.54 Å². The molecule has 45 heavy (non-hydrogen) atoms. The molecule has 0 bridgehead atoms. The largest absolute Gasteiger partial charge is 0.356 e. The Labute approximate surface area is 283 Å². The minimum Gasteiger partial charge on any atom is -0.356 e. The lowest BCUT2D eigenvalue weighted by atomic mass is 10.0. The van der Waals surface area contributed by atoms with Crippen molar-refractivity contribution < 1.29 is 0 Å². The van der Waals surface area contributed by atoms with Gasteiger partial charge in [-0.15, -0.1) is 0 Å². The molecule has 260 valence electrons. The maximum absolute atomic E-state index is 2.67. The van der Waals surface area contributed by atoms with Crippen molar-refractivity contribution in [3.8, 4) is 0 Å². The molecule has 1 heterocycles. The van der Waals surface area contributed by atoms with Crippen LogP contribution in [0.1, 0.15) is 212 Å². The van der Waals surface area contributed by atoms with Crippen molar-refractivity contribution in [2.45, 2.75) is 219 Å². The summed E-state index contributed by atoms with van der Waals surface area (Å²) in [6.45, 7) is 6.88. The fourth-order valence-electron chi connectivity index (χ4n) is 7.26. The minimum absolute atomic E-state index is 0.550. The van der Waals surface area contributed by atoms with E-state index in [1.54, 1.807) is 0 Å². The highest BCUT2D eigenvalue weighted by Gasteiger charge is 2.25. The zero-order chi connectivity index (χ0) is 31.9. The lowest BCUT2D eigenvalue weighted by Gasteiger charge is -2.33. The number of rotatable bonds is 33. The molecule has 0 N–H and O–H groups in total. The Kier molecular flexibility index (Phi) is 26.4. The molecule has 0 amide bonds. The average Bonchev–Trinajstić information content (AvgIpc) is 3.44. The van der Waals surface area contributed by atoms with Gasteiger partial charge in [-0.25, -0.2) is 0 Å². The van der Waals surface area contributed by atoms with Crippen molar-refractivity contribution in [1.29, 1.82) is 0 Å². The highest BCUT2D eigenvalue weighted by atomic mass is 15.4. The third-order valence-electron chi connectivity index (χ3n) is 10.3. The molecule has 2 nitrogen and oxygen atoms in total. The number of benzene rings is 1. The molecular formula is C43H78N2. The fourth-order valence-corrected chi connectivity index (χ4v) is 7.26. The summed E-state index contributed by atoms with van der Waals surface area (Å²) in [6, 6.07) is 11.1. The SMILES string of the molecule is CCCCCCCCCCCCCCCCCCN1C=CN(Cc2ccccc2)C1CCCCCCCCCCCCCCC. The van der Waals surface area contributed by atoms with E-state index in [-0.39, 0.29) is 0 Å². The number of unbranched alkanes of at least 4 members (excludes halogenated alkanes) is 27. The number of nitrogens with zero attached hydrogens (tertiary/aromatic N) is 2. The van der Waals surface area contributed by atoms with Crippen LogP contribution in [0.15, 0.2) is 42.7 Å². The molecule has 1 atom stereocenters. The Balaban J connectivity index is 1.52. The van der Waals surface area contributed by atoms with E-state index in [2.05, 4.69) is 66.4 Å². The molecule has 1 aliphatic heterocycles. The van der Waals surface area contributed by atoms with E-state index in [4.69, 9.17) is 0 Å². The molecule has 0 aliphatic carbocycles. The average molecular weight is 623 g/mol. The highest BCUT2D eigenvalue weighted by molar-refractivity contribution is 5.16. The van der Waals surface area contributed by atoms with E-state index >= 15 is 0 Å². The van der Waals surface area contributed by atoms with E-state index in [1.165, 1.54) is 205 Å². The molecular weight excluding hydrogens is 544 g/mol. The lowest BCUT2D eigenvalue weighted by molar-refractivity contribution is 0.132. The van der Waals surface area contributed by atoms with E-state index in [9.17, 15) is 0 Å². The topological polar surface area (TPSA) is 6.48 Å². The first kappa shape index (κ1) is 39.7. The van der Waals surface area contributed by atoms with Crippen molar-refractivity contribution in [3.05, 3.63) is 48.3 Å². The summed E-state index contributed by atoms with van der Waals surface area (Å²) >= 11 is 0. The summed E-state index contributed by atoms with van der Waals surface area (Å²) in [5, 5.41) is 0. The third-order valence-corrected chi connectivity index (χ3v) is 10.3. The van der Waals surface area contributed by atoms with E-state index in [1.807, 2.05) is 0 Å². The molecule has 1 aliphatic rings. The van der Waals surface area contributed by atoms with Crippen molar-refractivity contribution in [2.24, 2.45) is 0 Å². The minimum atomic E-state index is 0.550. The maximum Gasteiger partial charge on any atom is 0.101 e. The van der Waals surface area contributed by atoms with Gasteiger partial charge in [-0.2, -0.15) is 0 Å². The third kappa shape index (κ3) is 21.9. The van der Waals surface area contributed by atoms with Crippen molar-refractivity contribution >= 4 is 0 Å². The second-order valence-electron chi connectivity index (χ2n) is 14.5. The van der Waals surface area contributed by atoms with Crippen molar-refractivity contribution in [3.63, 3.8) is 0 Å². The monoisotopic (exact) mass is 623 g/mol. The van der Waals surface area contributed by atoms with E-state index < -0.39 is 0 Å². The van der Waals surface area contributed by atoms with Crippen LogP contribution < -0.4 is 0 Å². The summed E-state index contributed by atoms with van der Waals surface area (Å²) in [7, 11) is 0. The van der Waals surface area contributed by atoms with Crippen LogP contribution in [-0.2, 0) is 6.54 Å². The molecule has 0 fully saturated rings. The zero-order valence-electron chi connectivity index (χ0n) is 30.6. The quantitative estimate of drug-likeness (QED) is 0.0720. The van der Waals surface area contributed by atoms with Crippen LogP contribution in [0.2, 0.25) is 0 Å². The molecule has 0 radical (unpaired) electrons. The Morgan fingerprint density at radius 1 is 0.400 bits per heavy atom. The Hall–Kier alpha value is -1.44. The smallest absolute Gasteiger partial charge is 0.101 e.